The lowest BCUT2D eigenvalue weighted by Gasteiger charge is -2.45. The van der Waals surface area contributed by atoms with E-state index < -0.39 is 0 Å². The van der Waals surface area contributed by atoms with Crippen LogP contribution < -0.4 is 5.32 Å². The Labute approximate surface area is 191 Å². The van der Waals surface area contributed by atoms with E-state index in [-0.39, 0.29) is 29.5 Å². The zero-order valence-corrected chi connectivity index (χ0v) is 20.6. The maximum atomic E-state index is 5.67. The van der Waals surface area contributed by atoms with Gasteiger partial charge in [0.25, 0.3) is 0 Å². The quantitative estimate of drug-likeness (QED) is 0.269. The van der Waals surface area contributed by atoms with E-state index in [0.29, 0.717) is 0 Å². The maximum Gasteiger partial charge on any atom is 0.193 e. The Morgan fingerprint density at radius 2 is 1.86 bits per heavy atom. The number of halogens is 1. The largest absolute Gasteiger partial charge is 0.381 e. The lowest BCUT2D eigenvalue weighted by Crippen LogP contribution is -2.58. The first kappa shape index (κ1) is 23.8. The molecular formula is C21H35IN4OS. The van der Waals surface area contributed by atoms with Crippen molar-refractivity contribution in [3.05, 3.63) is 29.8 Å². The molecule has 0 atom stereocenters. The summed E-state index contributed by atoms with van der Waals surface area (Å²) in [4.78, 5) is 10.7. The van der Waals surface area contributed by atoms with Crippen LogP contribution in [0, 0.1) is 0 Å². The molecule has 0 amide bonds. The van der Waals surface area contributed by atoms with Gasteiger partial charge in [0.2, 0.25) is 0 Å². The summed E-state index contributed by atoms with van der Waals surface area (Å²) < 4.78 is 5.67. The third kappa shape index (κ3) is 6.00. The second-order valence-electron chi connectivity index (χ2n) is 7.64. The lowest BCUT2D eigenvalue weighted by molar-refractivity contribution is -0.0166. The monoisotopic (exact) mass is 518 g/mol. The third-order valence-corrected chi connectivity index (χ3v) is 6.67. The molecule has 0 aromatic heterocycles. The van der Waals surface area contributed by atoms with E-state index in [4.69, 9.17) is 4.74 Å². The van der Waals surface area contributed by atoms with Gasteiger partial charge < -0.3 is 15.0 Å². The van der Waals surface area contributed by atoms with Crippen LogP contribution in [-0.4, -0.2) is 74.5 Å². The number of ether oxygens (including phenoxy) is 1. The SMILES string of the molecule is CN=C(NCC1(N2CCCC2)CCOCC1)N(C)Cc1ccc(SC)cc1.I. The summed E-state index contributed by atoms with van der Waals surface area (Å²) in [5, 5.41) is 3.67. The third-order valence-electron chi connectivity index (χ3n) is 5.93. The Morgan fingerprint density at radius 1 is 1.21 bits per heavy atom. The van der Waals surface area contributed by atoms with E-state index in [9.17, 15) is 0 Å². The normalized spacial score (nSPS) is 19.9. The van der Waals surface area contributed by atoms with Crippen molar-refractivity contribution in [3.8, 4) is 0 Å². The molecule has 2 saturated heterocycles. The van der Waals surface area contributed by atoms with Gasteiger partial charge in [0.15, 0.2) is 5.96 Å². The minimum Gasteiger partial charge on any atom is -0.381 e. The number of hydrogen-bond donors (Lipinski definition) is 1. The minimum atomic E-state index is 0. The van der Waals surface area contributed by atoms with Crippen molar-refractivity contribution in [2.75, 3.05) is 53.2 Å². The molecule has 0 aliphatic carbocycles. The predicted octanol–water partition coefficient (Wildman–Crippen LogP) is 3.68. The van der Waals surface area contributed by atoms with Gasteiger partial charge in [-0.2, -0.15) is 0 Å². The Morgan fingerprint density at radius 3 is 2.43 bits per heavy atom. The molecule has 5 nitrogen and oxygen atoms in total. The topological polar surface area (TPSA) is 40.1 Å². The summed E-state index contributed by atoms with van der Waals surface area (Å²) in [5.41, 5.74) is 1.52. The van der Waals surface area contributed by atoms with E-state index in [0.717, 1.165) is 45.1 Å². The molecule has 0 saturated carbocycles. The lowest BCUT2D eigenvalue weighted by atomic mass is 9.88. The molecule has 0 bridgehead atoms. The molecule has 3 rings (SSSR count). The highest BCUT2D eigenvalue weighted by Crippen LogP contribution is 2.30. The van der Waals surface area contributed by atoms with Crippen LogP contribution in [0.2, 0.25) is 0 Å². The predicted molar refractivity (Wildman–Crippen MR) is 130 cm³/mol. The number of thioether (sulfide) groups is 1. The van der Waals surface area contributed by atoms with Gasteiger partial charge >= 0.3 is 0 Å². The molecule has 0 radical (unpaired) electrons. The van der Waals surface area contributed by atoms with Crippen LogP contribution in [0.4, 0.5) is 0 Å². The van der Waals surface area contributed by atoms with Crippen molar-refractivity contribution >= 4 is 41.7 Å². The van der Waals surface area contributed by atoms with Crippen molar-refractivity contribution in [3.63, 3.8) is 0 Å². The maximum absolute atomic E-state index is 5.67. The molecule has 1 aromatic carbocycles. The molecule has 1 aromatic rings. The van der Waals surface area contributed by atoms with Crippen LogP contribution in [0.15, 0.2) is 34.2 Å². The van der Waals surface area contributed by atoms with Gasteiger partial charge in [-0.05, 0) is 62.7 Å². The molecule has 0 unspecified atom stereocenters. The Kier molecular flexibility index (Phi) is 9.86. The zero-order valence-electron chi connectivity index (χ0n) is 17.4. The molecule has 1 N–H and O–H groups in total. The van der Waals surface area contributed by atoms with Gasteiger partial charge in [-0.1, -0.05) is 12.1 Å². The number of aliphatic imine (C=N–C) groups is 1. The van der Waals surface area contributed by atoms with Crippen molar-refractivity contribution in [1.29, 1.82) is 0 Å². The molecule has 2 aliphatic heterocycles. The first-order valence-electron chi connectivity index (χ1n) is 10.0. The van der Waals surface area contributed by atoms with Crippen LogP contribution in [-0.2, 0) is 11.3 Å². The fourth-order valence-corrected chi connectivity index (χ4v) is 4.66. The highest BCUT2D eigenvalue weighted by Gasteiger charge is 2.39. The van der Waals surface area contributed by atoms with Gasteiger partial charge in [0, 0.05) is 50.8 Å². The van der Waals surface area contributed by atoms with Crippen LogP contribution in [0.1, 0.15) is 31.2 Å². The number of nitrogens with one attached hydrogen (secondary N) is 1. The Balaban J connectivity index is 0.00000280. The highest BCUT2D eigenvalue weighted by atomic mass is 127. The molecule has 2 fully saturated rings. The molecular weight excluding hydrogens is 483 g/mol. The van der Waals surface area contributed by atoms with E-state index in [1.807, 2.05) is 7.05 Å². The smallest absolute Gasteiger partial charge is 0.193 e. The van der Waals surface area contributed by atoms with Crippen molar-refractivity contribution in [2.24, 2.45) is 4.99 Å². The summed E-state index contributed by atoms with van der Waals surface area (Å²) in [6, 6.07) is 8.79. The molecule has 28 heavy (non-hydrogen) atoms. The zero-order chi connectivity index (χ0) is 19.1. The highest BCUT2D eigenvalue weighted by molar-refractivity contribution is 14.0. The van der Waals surface area contributed by atoms with Gasteiger partial charge in [-0.15, -0.1) is 35.7 Å². The number of guanidine groups is 1. The van der Waals surface area contributed by atoms with E-state index in [1.54, 1.807) is 11.8 Å². The average molecular weight is 519 g/mol. The number of rotatable bonds is 6. The van der Waals surface area contributed by atoms with Gasteiger partial charge in [-0.3, -0.25) is 9.89 Å². The van der Waals surface area contributed by atoms with Gasteiger partial charge in [0.1, 0.15) is 0 Å². The van der Waals surface area contributed by atoms with Crippen LogP contribution >= 0.6 is 35.7 Å². The van der Waals surface area contributed by atoms with Crippen LogP contribution in [0.5, 0.6) is 0 Å². The number of likely N-dealkylation sites (tertiary alicyclic amines) is 1. The summed E-state index contributed by atoms with van der Waals surface area (Å²) in [6.07, 6.45) is 6.97. The molecule has 0 spiro atoms. The average Bonchev–Trinajstić information content (AvgIpc) is 3.25. The second kappa shape index (κ2) is 11.6. The van der Waals surface area contributed by atoms with Crippen molar-refractivity contribution in [1.82, 2.24) is 15.1 Å². The van der Waals surface area contributed by atoms with Crippen molar-refractivity contribution in [2.45, 2.75) is 42.7 Å². The summed E-state index contributed by atoms with van der Waals surface area (Å²) in [5.74, 6) is 0.967. The Hall–Kier alpha value is -0.510. The second-order valence-corrected chi connectivity index (χ2v) is 8.52. The first-order valence-corrected chi connectivity index (χ1v) is 11.3. The number of nitrogens with zero attached hydrogens (tertiary/aromatic N) is 3. The molecule has 2 heterocycles. The van der Waals surface area contributed by atoms with Crippen LogP contribution in [0.25, 0.3) is 0 Å². The van der Waals surface area contributed by atoms with Crippen LogP contribution in [0.3, 0.4) is 0 Å². The first-order chi connectivity index (χ1) is 13.2. The molecule has 158 valence electrons. The summed E-state index contributed by atoms with van der Waals surface area (Å²) in [6.45, 7) is 5.98. The summed E-state index contributed by atoms with van der Waals surface area (Å²) >= 11 is 1.78. The van der Waals surface area contributed by atoms with E-state index >= 15 is 0 Å². The van der Waals surface area contributed by atoms with Gasteiger partial charge in [0.05, 0.1) is 0 Å². The summed E-state index contributed by atoms with van der Waals surface area (Å²) in [7, 11) is 3.99. The number of hydrogen-bond acceptors (Lipinski definition) is 4. The van der Waals surface area contributed by atoms with E-state index in [2.05, 4.69) is 57.7 Å². The molecule has 7 heteroatoms. The van der Waals surface area contributed by atoms with E-state index in [1.165, 1.54) is 36.4 Å². The fourth-order valence-electron chi connectivity index (χ4n) is 4.26. The standard InChI is InChI=1S/C21H34N4OS.HI/c1-22-20(24(2)16-18-6-8-19(27-3)9-7-18)23-17-21(10-14-26-15-11-21)25-12-4-5-13-25;/h6-9H,4-5,10-17H2,1-3H3,(H,22,23);1H. The fraction of sp³-hybridized carbons (Fsp3) is 0.667. The minimum absolute atomic E-state index is 0. The van der Waals surface area contributed by atoms with Crippen molar-refractivity contribution < 1.29 is 4.74 Å². The van der Waals surface area contributed by atoms with Gasteiger partial charge in [-0.25, -0.2) is 0 Å². The number of benzene rings is 1. The Bertz CT molecular complexity index is 613. The molecule has 2 aliphatic rings.